The number of aryl methyl sites for hydroxylation is 1. The van der Waals surface area contributed by atoms with Gasteiger partial charge < -0.3 is 5.32 Å². The molecule has 3 nitrogen and oxygen atoms in total. The second kappa shape index (κ2) is 5.00. The van der Waals surface area contributed by atoms with E-state index in [-0.39, 0.29) is 0 Å². The molecule has 16 heavy (non-hydrogen) atoms. The molecule has 1 heterocycles. The molecule has 1 aromatic heterocycles. The third-order valence-electron chi connectivity index (χ3n) is 2.80. The first kappa shape index (κ1) is 11.6. The van der Waals surface area contributed by atoms with E-state index in [2.05, 4.69) is 29.1 Å². The van der Waals surface area contributed by atoms with Crippen LogP contribution >= 0.6 is 11.6 Å². The average molecular weight is 240 g/mol. The highest BCUT2D eigenvalue weighted by molar-refractivity contribution is 6.30. The Kier molecular flexibility index (Phi) is 3.64. The Morgan fingerprint density at radius 1 is 1.25 bits per heavy atom. The van der Waals surface area contributed by atoms with Gasteiger partial charge in [-0.1, -0.05) is 25.4 Å². The van der Waals surface area contributed by atoms with Crippen molar-refractivity contribution in [3.8, 4) is 0 Å². The fourth-order valence-electron chi connectivity index (χ4n) is 1.92. The lowest BCUT2D eigenvalue weighted by molar-refractivity contribution is 0.657. The summed E-state index contributed by atoms with van der Waals surface area (Å²) >= 11 is 6.17. The first-order valence-electron chi connectivity index (χ1n) is 5.96. The van der Waals surface area contributed by atoms with Crippen molar-refractivity contribution >= 4 is 17.5 Å². The smallest absolute Gasteiger partial charge is 0.224 e. The normalized spacial score (nSPS) is 15.0. The van der Waals surface area contributed by atoms with Crippen LogP contribution in [0.15, 0.2) is 0 Å². The second-order valence-corrected chi connectivity index (χ2v) is 5.10. The fraction of sp³-hybridized carbons (Fsp3) is 0.667. The van der Waals surface area contributed by atoms with Gasteiger partial charge in [-0.05, 0) is 31.6 Å². The van der Waals surface area contributed by atoms with E-state index in [4.69, 9.17) is 11.6 Å². The van der Waals surface area contributed by atoms with Crippen molar-refractivity contribution in [1.82, 2.24) is 9.97 Å². The zero-order valence-electron chi connectivity index (χ0n) is 9.89. The molecular formula is C12H18ClN3. The summed E-state index contributed by atoms with van der Waals surface area (Å²) in [5.74, 6) is 1.26. The summed E-state index contributed by atoms with van der Waals surface area (Å²) in [4.78, 5) is 8.84. The number of anilines is 1. The molecule has 0 saturated carbocycles. The van der Waals surface area contributed by atoms with Gasteiger partial charge in [0.2, 0.25) is 5.95 Å². The van der Waals surface area contributed by atoms with Crippen LogP contribution in [0.3, 0.4) is 0 Å². The average Bonchev–Trinajstić information content (AvgIpc) is 2.26. The molecule has 0 aliphatic heterocycles. The lowest BCUT2D eigenvalue weighted by Gasteiger charge is -2.17. The van der Waals surface area contributed by atoms with Gasteiger partial charge in [-0.25, -0.2) is 9.97 Å². The molecule has 1 aliphatic rings. The van der Waals surface area contributed by atoms with Gasteiger partial charge in [0.25, 0.3) is 0 Å². The molecule has 0 bridgehead atoms. The summed E-state index contributed by atoms with van der Waals surface area (Å²) < 4.78 is 0. The molecule has 2 rings (SSSR count). The summed E-state index contributed by atoms with van der Waals surface area (Å²) in [5.41, 5.74) is 2.29. The Hall–Kier alpha value is -0.830. The molecular weight excluding hydrogens is 222 g/mol. The first-order chi connectivity index (χ1) is 7.66. The highest BCUT2D eigenvalue weighted by Crippen LogP contribution is 2.26. The summed E-state index contributed by atoms with van der Waals surface area (Å²) in [7, 11) is 0. The summed E-state index contributed by atoms with van der Waals surface area (Å²) in [6.07, 6.45) is 4.48. The van der Waals surface area contributed by atoms with E-state index in [1.54, 1.807) is 0 Å². The van der Waals surface area contributed by atoms with Crippen LogP contribution in [0.1, 0.15) is 37.9 Å². The molecule has 0 spiro atoms. The van der Waals surface area contributed by atoms with E-state index >= 15 is 0 Å². The topological polar surface area (TPSA) is 37.8 Å². The number of halogens is 1. The van der Waals surface area contributed by atoms with Gasteiger partial charge in [-0.15, -0.1) is 0 Å². The number of aromatic nitrogens is 2. The number of hydrogen-bond acceptors (Lipinski definition) is 3. The van der Waals surface area contributed by atoms with Crippen LogP contribution < -0.4 is 5.32 Å². The lowest BCUT2D eigenvalue weighted by Crippen LogP contribution is -2.14. The molecule has 0 saturated heterocycles. The van der Waals surface area contributed by atoms with Crippen LogP contribution in [-0.4, -0.2) is 16.5 Å². The minimum absolute atomic E-state index is 0.582. The van der Waals surface area contributed by atoms with Crippen LogP contribution in [0.5, 0.6) is 0 Å². The van der Waals surface area contributed by atoms with Gasteiger partial charge in [0, 0.05) is 12.1 Å². The maximum absolute atomic E-state index is 6.17. The third kappa shape index (κ3) is 2.64. The maximum Gasteiger partial charge on any atom is 0.224 e. The van der Waals surface area contributed by atoms with Crippen molar-refractivity contribution in [1.29, 1.82) is 0 Å². The van der Waals surface area contributed by atoms with E-state index < -0.39 is 0 Å². The number of nitrogens with one attached hydrogen (secondary N) is 1. The van der Waals surface area contributed by atoms with Crippen LogP contribution in [-0.2, 0) is 12.8 Å². The summed E-state index contributed by atoms with van der Waals surface area (Å²) in [6, 6.07) is 0. The molecule has 0 radical (unpaired) electrons. The van der Waals surface area contributed by atoms with Crippen LogP contribution in [0, 0.1) is 5.92 Å². The van der Waals surface area contributed by atoms with Gasteiger partial charge in [0.05, 0.1) is 5.69 Å². The molecule has 0 unspecified atom stereocenters. The standard InChI is InChI=1S/C12H18ClN3/c1-8(2)7-14-12-15-10-6-4-3-5-9(10)11(13)16-12/h8H,3-7H2,1-2H3,(H,14,15,16). The van der Waals surface area contributed by atoms with Gasteiger partial charge in [0.15, 0.2) is 0 Å². The summed E-state index contributed by atoms with van der Waals surface area (Å²) in [5, 5.41) is 3.86. The molecule has 4 heteroatoms. The maximum atomic E-state index is 6.17. The minimum atomic E-state index is 0.582. The number of hydrogen-bond donors (Lipinski definition) is 1. The number of fused-ring (bicyclic) bond motifs is 1. The van der Waals surface area contributed by atoms with Gasteiger partial charge >= 0.3 is 0 Å². The zero-order chi connectivity index (χ0) is 11.5. The Morgan fingerprint density at radius 3 is 2.75 bits per heavy atom. The Labute approximate surface area is 102 Å². The van der Waals surface area contributed by atoms with E-state index in [9.17, 15) is 0 Å². The van der Waals surface area contributed by atoms with Crippen molar-refractivity contribution in [2.75, 3.05) is 11.9 Å². The molecule has 88 valence electrons. The predicted octanol–water partition coefficient (Wildman–Crippen LogP) is 3.08. The fourth-order valence-corrected chi connectivity index (χ4v) is 2.21. The quantitative estimate of drug-likeness (QED) is 0.824. The van der Waals surface area contributed by atoms with E-state index in [1.165, 1.54) is 12.8 Å². The molecule has 0 fully saturated rings. The van der Waals surface area contributed by atoms with Crippen molar-refractivity contribution in [2.45, 2.75) is 39.5 Å². The van der Waals surface area contributed by atoms with Crippen LogP contribution in [0.2, 0.25) is 5.15 Å². The molecule has 1 aromatic rings. The zero-order valence-corrected chi connectivity index (χ0v) is 10.6. The predicted molar refractivity (Wildman–Crippen MR) is 67.0 cm³/mol. The van der Waals surface area contributed by atoms with Crippen LogP contribution in [0.25, 0.3) is 0 Å². The van der Waals surface area contributed by atoms with Crippen LogP contribution in [0.4, 0.5) is 5.95 Å². The number of rotatable bonds is 3. The van der Waals surface area contributed by atoms with Gasteiger partial charge in [0.1, 0.15) is 5.15 Å². The van der Waals surface area contributed by atoms with Crippen molar-refractivity contribution in [3.63, 3.8) is 0 Å². The van der Waals surface area contributed by atoms with Gasteiger partial charge in [-0.3, -0.25) is 0 Å². The van der Waals surface area contributed by atoms with Crippen molar-refractivity contribution in [2.24, 2.45) is 5.92 Å². The minimum Gasteiger partial charge on any atom is -0.354 e. The Morgan fingerprint density at radius 2 is 2.00 bits per heavy atom. The second-order valence-electron chi connectivity index (χ2n) is 4.75. The molecule has 0 amide bonds. The van der Waals surface area contributed by atoms with Crippen molar-refractivity contribution < 1.29 is 0 Å². The highest BCUT2D eigenvalue weighted by atomic mass is 35.5. The van der Waals surface area contributed by atoms with E-state index in [1.807, 2.05) is 0 Å². The molecule has 0 atom stereocenters. The number of nitrogens with zero attached hydrogens (tertiary/aromatic N) is 2. The van der Waals surface area contributed by atoms with E-state index in [0.29, 0.717) is 17.0 Å². The SMILES string of the molecule is CC(C)CNc1nc(Cl)c2c(n1)CCCC2. The largest absolute Gasteiger partial charge is 0.354 e. The first-order valence-corrected chi connectivity index (χ1v) is 6.33. The third-order valence-corrected chi connectivity index (χ3v) is 3.11. The van der Waals surface area contributed by atoms with Crippen molar-refractivity contribution in [3.05, 3.63) is 16.4 Å². The Bertz CT molecular complexity index is 377. The van der Waals surface area contributed by atoms with E-state index in [0.717, 1.165) is 30.6 Å². The van der Waals surface area contributed by atoms with Gasteiger partial charge in [-0.2, -0.15) is 0 Å². The summed E-state index contributed by atoms with van der Waals surface area (Å²) in [6.45, 7) is 5.20. The molecule has 1 aliphatic carbocycles. The highest BCUT2D eigenvalue weighted by Gasteiger charge is 2.16. The lowest BCUT2D eigenvalue weighted by atomic mass is 9.97. The Balaban J connectivity index is 2.18. The molecule has 1 N–H and O–H groups in total. The monoisotopic (exact) mass is 239 g/mol. The molecule has 0 aromatic carbocycles.